The van der Waals surface area contributed by atoms with Gasteiger partial charge in [-0.05, 0) is 50.8 Å². The van der Waals surface area contributed by atoms with Crippen molar-refractivity contribution in [1.82, 2.24) is 9.97 Å². The van der Waals surface area contributed by atoms with Crippen molar-refractivity contribution in [3.63, 3.8) is 0 Å². The molecule has 0 amide bonds. The van der Waals surface area contributed by atoms with Crippen LogP contribution in [0.3, 0.4) is 0 Å². The van der Waals surface area contributed by atoms with Gasteiger partial charge in [0.2, 0.25) is 5.95 Å². The topological polar surface area (TPSA) is 49.8 Å². The van der Waals surface area contributed by atoms with Gasteiger partial charge in [-0.2, -0.15) is 4.98 Å². The maximum atomic E-state index is 4.65. The van der Waals surface area contributed by atoms with Gasteiger partial charge in [0.1, 0.15) is 0 Å². The summed E-state index contributed by atoms with van der Waals surface area (Å²) in [6, 6.07) is 8.70. The summed E-state index contributed by atoms with van der Waals surface area (Å²) in [4.78, 5) is 9.21. The third kappa shape index (κ3) is 3.04. The lowest BCUT2D eigenvalue weighted by Crippen LogP contribution is -2.13. The van der Waals surface area contributed by atoms with Crippen LogP contribution in [0.15, 0.2) is 29.6 Å². The summed E-state index contributed by atoms with van der Waals surface area (Å²) < 4.78 is 1.08. The first-order chi connectivity index (χ1) is 10.5. The average Bonchev–Trinajstić information content (AvgIpc) is 2.89. The van der Waals surface area contributed by atoms with E-state index >= 15 is 0 Å². The molecule has 2 aromatic heterocycles. The molecule has 0 bridgehead atoms. The van der Waals surface area contributed by atoms with Crippen molar-refractivity contribution in [3.05, 3.63) is 40.8 Å². The van der Waals surface area contributed by atoms with Crippen LogP contribution in [0.4, 0.5) is 17.5 Å². The van der Waals surface area contributed by atoms with Gasteiger partial charge in [0.05, 0.1) is 10.2 Å². The Balaban J connectivity index is 2.03. The molecule has 0 saturated heterocycles. The highest BCUT2D eigenvalue weighted by molar-refractivity contribution is 7.17. The Morgan fingerprint density at radius 1 is 1.09 bits per heavy atom. The zero-order chi connectivity index (χ0) is 15.7. The van der Waals surface area contributed by atoms with Gasteiger partial charge < -0.3 is 10.6 Å². The monoisotopic (exact) mass is 312 g/mol. The molecule has 2 N–H and O–H groups in total. The molecule has 0 aliphatic rings. The Morgan fingerprint density at radius 2 is 1.91 bits per heavy atom. The molecule has 1 aromatic carbocycles. The molecule has 3 rings (SSSR count). The summed E-state index contributed by atoms with van der Waals surface area (Å²) in [6.45, 7) is 8.37. The molecule has 114 valence electrons. The van der Waals surface area contributed by atoms with Gasteiger partial charge in [-0.15, -0.1) is 11.3 Å². The molecule has 22 heavy (non-hydrogen) atoms. The number of anilines is 3. The summed E-state index contributed by atoms with van der Waals surface area (Å²) in [7, 11) is 0. The van der Waals surface area contributed by atoms with Crippen molar-refractivity contribution >= 4 is 39.0 Å². The highest BCUT2D eigenvalue weighted by Crippen LogP contribution is 2.30. The second kappa shape index (κ2) is 5.93. The number of nitrogens with one attached hydrogen (secondary N) is 2. The highest BCUT2D eigenvalue weighted by atomic mass is 32.1. The standard InChI is InChI=1S/C17H20N4S/c1-10(2)18-17-20-14-7-8-22-15(14)16(21-17)19-13-6-5-11(3)9-12(13)4/h5-10H,1-4H3,(H2,18,19,20,21). The predicted molar refractivity (Wildman–Crippen MR) is 95.4 cm³/mol. The molecule has 4 nitrogen and oxygen atoms in total. The normalized spacial score (nSPS) is 11.1. The zero-order valence-electron chi connectivity index (χ0n) is 13.3. The van der Waals surface area contributed by atoms with E-state index in [-0.39, 0.29) is 0 Å². The lowest BCUT2D eigenvalue weighted by Gasteiger charge is -2.13. The molecule has 0 unspecified atom stereocenters. The van der Waals surface area contributed by atoms with Crippen molar-refractivity contribution in [2.45, 2.75) is 33.7 Å². The van der Waals surface area contributed by atoms with Crippen LogP contribution >= 0.6 is 11.3 Å². The fourth-order valence-corrected chi connectivity index (χ4v) is 3.13. The first-order valence-electron chi connectivity index (χ1n) is 7.39. The van der Waals surface area contributed by atoms with E-state index in [9.17, 15) is 0 Å². The number of nitrogens with zero attached hydrogens (tertiary/aromatic N) is 2. The van der Waals surface area contributed by atoms with Gasteiger partial charge in [-0.3, -0.25) is 0 Å². The van der Waals surface area contributed by atoms with Gasteiger partial charge in [-0.1, -0.05) is 17.7 Å². The van der Waals surface area contributed by atoms with Crippen molar-refractivity contribution in [3.8, 4) is 0 Å². The van der Waals surface area contributed by atoms with Crippen LogP contribution < -0.4 is 10.6 Å². The minimum absolute atomic E-state index is 0.296. The maximum Gasteiger partial charge on any atom is 0.225 e. The van der Waals surface area contributed by atoms with E-state index in [2.05, 4.69) is 66.5 Å². The van der Waals surface area contributed by atoms with Crippen LogP contribution in [0.25, 0.3) is 10.2 Å². The Hall–Kier alpha value is -2.14. The van der Waals surface area contributed by atoms with E-state index in [0.717, 1.165) is 21.7 Å². The van der Waals surface area contributed by atoms with E-state index in [1.807, 2.05) is 11.4 Å². The third-order valence-corrected chi connectivity index (χ3v) is 4.27. The van der Waals surface area contributed by atoms with E-state index < -0.39 is 0 Å². The van der Waals surface area contributed by atoms with Crippen molar-refractivity contribution in [2.75, 3.05) is 10.6 Å². The van der Waals surface area contributed by atoms with Crippen LogP contribution in [0, 0.1) is 13.8 Å². The summed E-state index contributed by atoms with van der Waals surface area (Å²) in [5.74, 6) is 1.52. The van der Waals surface area contributed by atoms with Gasteiger partial charge in [0.25, 0.3) is 0 Å². The van der Waals surface area contributed by atoms with Crippen molar-refractivity contribution in [2.24, 2.45) is 0 Å². The van der Waals surface area contributed by atoms with Crippen molar-refractivity contribution in [1.29, 1.82) is 0 Å². The molecule has 5 heteroatoms. The molecule has 0 fully saturated rings. The summed E-state index contributed by atoms with van der Waals surface area (Å²) in [5.41, 5.74) is 4.51. The molecule has 0 spiro atoms. The molecular weight excluding hydrogens is 292 g/mol. The molecule has 0 aliphatic carbocycles. The third-order valence-electron chi connectivity index (χ3n) is 3.36. The number of rotatable bonds is 4. The van der Waals surface area contributed by atoms with Gasteiger partial charge >= 0.3 is 0 Å². The second-order valence-electron chi connectivity index (χ2n) is 5.77. The molecule has 0 saturated carbocycles. The molecule has 2 heterocycles. The lowest BCUT2D eigenvalue weighted by molar-refractivity contribution is 0.878. The number of fused-ring (bicyclic) bond motifs is 1. The van der Waals surface area contributed by atoms with Crippen LogP contribution in [0.1, 0.15) is 25.0 Å². The number of thiophene rings is 1. The first kappa shape index (κ1) is 14.8. The molecule has 0 radical (unpaired) electrons. The molecule has 0 atom stereocenters. The Kier molecular flexibility index (Phi) is 3.98. The van der Waals surface area contributed by atoms with Crippen LogP contribution in [-0.2, 0) is 0 Å². The number of benzene rings is 1. The van der Waals surface area contributed by atoms with E-state index in [4.69, 9.17) is 0 Å². The minimum Gasteiger partial charge on any atom is -0.352 e. The van der Waals surface area contributed by atoms with Crippen molar-refractivity contribution < 1.29 is 0 Å². The first-order valence-corrected chi connectivity index (χ1v) is 8.27. The maximum absolute atomic E-state index is 4.65. The minimum atomic E-state index is 0.296. The number of aromatic nitrogens is 2. The smallest absolute Gasteiger partial charge is 0.225 e. The fraction of sp³-hybridized carbons (Fsp3) is 0.294. The average molecular weight is 312 g/mol. The summed E-state index contributed by atoms with van der Waals surface area (Å²) in [6.07, 6.45) is 0. The number of aryl methyl sites for hydroxylation is 2. The second-order valence-corrected chi connectivity index (χ2v) is 6.69. The Labute approximate surface area is 134 Å². The zero-order valence-corrected chi connectivity index (χ0v) is 14.1. The van der Waals surface area contributed by atoms with Crippen LogP contribution in [0.2, 0.25) is 0 Å². The summed E-state index contributed by atoms with van der Waals surface area (Å²) >= 11 is 1.65. The van der Waals surface area contributed by atoms with Crippen LogP contribution in [-0.4, -0.2) is 16.0 Å². The number of hydrogen-bond donors (Lipinski definition) is 2. The quantitative estimate of drug-likeness (QED) is 0.721. The fourth-order valence-electron chi connectivity index (χ4n) is 2.35. The number of hydrogen-bond acceptors (Lipinski definition) is 5. The van der Waals surface area contributed by atoms with E-state index in [0.29, 0.717) is 12.0 Å². The largest absolute Gasteiger partial charge is 0.352 e. The molecule has 3 aromatic rings. The van der Waals surface area contributed by atoms with Crippen LogP contribution in [0.5, 0.6) is 0 Å². The predicted octanol–water partition coefficient (Wildman–Crippen LogP) is 4.87. The summed E-state index contributed by atoms with van der Waals surface area (Å²) in [5, 5.41) is 8.79. The van der Waals surface area contributed by atoms with Gasteiger partial charge in [0.15, 0.2) is 5.82 Å². The lowest BCUT2D eigenvalue weighted by atomic mass is 10.1. The van der Waals surface area contributed by atoms with Gasteiger partial charge in [-0.25, -0.2) is 4.98 Å². The van der Waals surface area contributed by atoms with E-state index in [1.54, 1.807) is 11.3 Å². The van der Waals surface area contributed by atoms with Gasteiger partial charge in [0, 0.05) is 11.7 Å². The Morgan fingerprint density at radius 3 is 2.64 bits per heavy atom. The Bertz CT molecular complexity index is 808. The molecule has 0 aliphatic heterocycles. The van der Waals surface area contributed by atoms with E-state index in [1.165, 1.54) is 11.1 Å². The SMILES string of the molecule is Cc1ccc(Nc2nc(NC(C)C)nc3ccsc23)c(C)c1. The molecular formula is C17H20N4S. The highest BCUT2D eigenvalue weighted by Gasteiger charge is 2.11.